The fourth-order valence-electron chi connectivity index (χ4n) is 3.01. The van der Waals surface area contributed by atoms with E-state index in [4.69, 9.17) is 5.84 Å². The number of nitrogens with zero attached hydrogens (tertiary/aromatic N) is 1. The van der Waals surface area contributed by atoms with Crippen LogP contribution in [0.2, 0.25) is 0 Å². The van der Waals surface area contributed by atoms with Crippen molar-refractivity contribution in [1.82, 2.24) is 10.3 Å². The zero-order chi connectivity index (χ0) is 13.2. The van der Waals surface area contributed by atoms with Gasteiger partial charge in [0, 0.05) is 15.3 Å². The zero-order valence-electron chi connectivity index (χ0n) is 11.7. The Kier molecular flexibility index (Phi) is 4.43. The topological polar surface area (TPSA) is 41.3 Å². The van der Waals surface area contributed by atoms with Crippen molar-refractivity contribution in [1.29, 1.82) is 0 Å². The highest BCUT2D eigenvalue weighted by Gasteiger charge is 2.40. The number of thiophene rings is 1. The van der Waals surface area contributed by atoms with Gasteiger partial charge in [-0.1, -0.05) is 6.92 Å². The molecular formula is C14H25N3S. The molecule has 4 heteroatoms. The quantitative estimate of drug-likeness (QED) is 0.637. The molecule has 0 aliphatic carbocycles. The lowest BCUT2D eigenvalue weighted by atomic mass is 9.87. The Bertz CT molecular complexity index is 384. The average Bonchev–Trinajstić information content (AvgIpc) is 3.01. The molecule has 0 amide bonds. The van der Waals surface area contributed by atoms with Crippen LogP contribution >= 0.6 is 11.3 Å². The fourth-order valence-corrected chi connectivity index (χ4v) is 4.10. The molecule has 3 nitrogen and oxygen atoms in total. The van der Waals surface area contributed by atoms with Gasteiger partial charge in [0.05, 0.1) is 6.04 Å². The highest BCUT2D eigenvalue weighted by Crippen LogP contribution is 2.38. The lowest BCUT2D eigenvalue weighted by molar-refractivity contribution is 0.0854. The second-order valence-corrected chi connectivity index (χ2v) is 6.77. The Morgan fingerprint density at radius 1 is 1.44 bits per heavy atom. The Balaban J connectivity index is 2.27. The molecule has 2 rings (SSSR count). The van der Waals surface area contributed by atoms with Crippen LogP contribution in [0.15, 0.2) is 12.1 Å². The molecule has 2 heterocycles. The van der Waals surface area contributed by atoms with Crippen molar-refractivity contribution >= 4 is 11.3 Å². The van der Waals surface area contributed by atoms with E-state index in [2.05, 4.69) is 43.2 Å². The van der Waals surface area contributed by atoms with Crippen molar-refractivity contribution in [3.8, 4) is 0 Å². The molecule has 0 saturated carbocycles. The van der Waals surface area contributed by atoms with E-state index >= 15 is 0 Å². The highest BCUT2D eigenvalue weighted by atomic mass is 32.1. The molecule has 2 atom stereocenters. The predicted octanol–water partition coefficient (Wildman–Crippen LogP) is 2.83. The molecule has 1 aromatic rings. The van der Waals surface area contributed by atoms with Gasteiger partial charge in [0.1, 0.15) is 0 Å². The summed E-state index contributed by atoms with van der Waals surface area (Å²) in [5, 5.41) is 0. The second-order valence-electron chi connectivity index (χ2n) is 5.45. The number of nitrogens with one attached hydrogen (secondary N) is 1. The maximum atomic E-state index is 5.87. The number of rotatable bonds is 5. The van der Waals surface area contributed by atoms with E-state index < -0.39 is 0 Å². The minimum atomic E-state index is 0.114. The third-order valence-electron chi connectivity index (χ3n) is 4.38. The molecule has 1 aliphatic rings. The van der Waals surface area contributed by atoms with Crippen LogP contribution in [0, 0.1) is 6.92 Å². The van der Waals surface area contributed by atoms with E-state index in [0.29, 0.717) is 0 Å². The van der Waals surface area contributed by atoms with Gasteiger partial charge in [0.25, 0.3) is 0 Å². The van der Waals surface area contributed by atoms with Crippen molar-refractivity contribution in [2.75, 3.05) is 13.1 Å². The number of likely N-dealkylation sites (tertiary alicyclic amines) is 1. The highest BCUT2D eigenvalue weighted by molar-refractivity contribution is 7.12. The van der Waals surface area contributed by atoms with Gasteiger partial charge in [-0.3, -0.25) is 16.2 Å². The molecule has 0 spiro atoms. The standard InChI is InChI=1S/C14H25N3S/c1-4-14(3,17-9-5-6-10-17)13(16-15)12-8-7-11(2)18-12/h7-8,13,16H,4-6,9-10,15H2,1-3H3. The fraction of sp³-hybridized carbons (Fsp3) is 0.714. The van der Waals surface area contributed by atoms with Gasteiger partial charge in [-0.2, -0.15) is 0 Å². The lowest BCUT2D eigenvalue weighted by Crippen LogP contribution is -2.54. The summed E-state index contributed by atoms with van der Waals surface area (Å²) in [4.78, 5) is 5.31. The van der Waals surface area contributed by atoms with Crippen molar-refractivity contribution in [2.45, 2.75) is 51.6 Å². The number of aryl methyl sites for hydroxylation is 1. The Morgan fingerprint density at radius 3 is 2.56 bits per heavy atom. The van der Waals surface area contributed by atoms with Gasteiger partial charge < -0.3 is 0 Å². The van der Waals surface area contributed by atoms with Gasteiger partial charge in [0.2, 0.25) is 0 Å². The van der Waals surface area contributed by atoms with Gasteiger partial charge in [-0.15, -0.1) is 11.3 Å². The molecule has 1 saturated heterocycles. The molecular weight excluding hydrogens is 242 g/mol. The summed E-state index contributed by atoms with van der Waals surface area (Å²) in [5.41, 5.74) is 3.18. The molecule has 0 radical (unpaired) electrons. The first-order valence-electron chi connectivity index (χ1n) is 6.89. The summed E-state index contributed by atoms with van der Waals surface area (Å²) >= 11 is 1.85. The summed E-state index contributed by atoms with van der Waals surface area (Å²) in [6.07, 6.45) is 3.74. The van der Waals surface area contributed by atoms with Crippen LogP contribution in [-0.4, -0.2) is 23.5 Å². The van der Waals surface area contributed by atoms with E-state index in [1.165, 1.54) is 35.7 Å². The molecule has 1 aliphatic heterocycles. The normalized spacial score (nSPS) is 22.0. The van der Waals surface area contributed by atoms with Gasteiger partial charge in [-0.25, -0.2) is 0 Å². The summed E-state index contributed by atoms with van der Waals surface area (Å²) in [6.45, 7) is 9.17. The van der Waals surface area contributed by atoms with E-state index in [9.17, 15) is 0 Å². The van der Waals surface area contributed by atoms with Crippen LogP contribution < -0.4 is 11.3 Å². The third kappa shape index (κ3) is 2.48. The summed E-state index contributed by atoms with van der Waals surface area (Å²) < 4.78 is 0. The maximum absolute atomic E-state index is 5.87. The molecule has 1 fully saturated rings. The van der Waals surface area contributed by atoms with Gasteiger partial charge in [0.15, 0.2) is 0 Å². The minimum absolute atomic E-state index is 0.114. The van der Waals surface area contributed by atoms with Crippen molar-refractivity contribution in [2.24, 2.45) is 5.84 Å². The summed E-state index contributed by atoms with van der Waals surface area (Å²) in [7, 11) is 0. The Hall–Kier alpha value is -0.420. The molecule has 102 valence electrons. The lowest BCUT2D eigenvalue weighted by Gasteiger charge is -2.43. The van der Waals surface area contributed by atoms with Crippen LogP contribution in [0.25, 0.3) is 0 Å². The molecule has 18 heavy (non-hydrogen) atoms. The first-order valence-corrected chi connectivity index (χ1v) is 7.71. The number of hydrazine groups is 1. The first-order chi connectivity index (χ1) is 8.61. The summed E-state index contributed by atoms with van der Waals surface area (Å²) in [5.74, 6) is 5.87. The maximum Gasteiger partial charge on any atom is 0.0734 e. The zero-order valence-corrected chi connectivity index (χ0v) is 12.5. The monoisotopic (exact) mass is 267 g/mol. The van der Waals surface area contributed by atoms with E-state index in [-0.39, 0.29) is 11.6 Å². The van der Waals surface area contributed by atoms with Gasteiger partial charge >= 0.3 is 0 Å². The number of hydrogen-bond donors (Lipinski definition) is 2. The minimum Gasteiger partial charge on any atom is -0.296 e. The SMILES string of the molecule is CCC(C)(C(NN)c1ccc(C)s1)N1CCCC1. The molecule has 3 N–H and O–H groups in total. The van der Waals surface area contributed by atoms with Crippen LogP contribution in [0.4, 0.5) is 0 Å². The van der Waals surface area contributed by atoms with E-state index in [0.717, 1.165) is 6.42 Å². The first kappa shape index (κ1) is 14.0. The molecule has 0 bridgehead atoms. The van der Waals surface area contributed by atoms with E-state index in [1.807, 2.05) is 11.3 Å². The van der Waals surface area contributed by atoms with Crippen LogP contribution in [0.1, 0.15) is 48.9 Å². The molecule has 2 unspecified atom stereocenters. The van der Waals surface area contributed by atoms with E-state index in [1.54, 1.807) is 0 Å². The number of nitrogens with two attached hydrogens (primary N) is 1. The smallest absolute Gasteiger partial charge is 0.0734 e. The average molecular weight is 267 g/mol. The van der Waals surface area contributed by atoms with Crippen LogP contribution in [0.3, 0.4) is 0 Å². The molecule has 0 aromatic carbocycles. The summed E-state index contributed by atoms with van der Waals surface area (Å²) in [6, 6.07) is 4.62. The van der Waals surface area contributed by atoms with Crippen LogP contribution in [-0.2, 0) is 0 Å². The Labute approximate surface area is 114 Å². The second kappa shape index (κ2) is 5.70. The third-order valence-corrected chi connectivity index (χ3v) is 5.44. The van der Waals surface area contributed by atoms with Gasteiger partial charge in [-0.05, 0) is 58.3 Å². The predicted molar refractivity (Wildman–Crippen MR) is 78.6 cm³/mol. The Morgan fingerprint density at radius 2 is 2.11 bits per heavy atom. The molecule has 1 aromatic heterocycles. The van der Waals surface area contributed by atoms with Crippen molar-refractivity contribution in [3.05, 3.63) is 21.9 Å². The van der Waals surface area contributed by atoms with Crippen molar-refractivity contribution in [3.63, 3.8) is 0 Å². The largest absolute Gasteiger partial charge is 0.296 e. The number of hydrogen-bond acceptors (Lipinski definition) is 4. The van der Waals surface area contributed by atoms with Crippen molar-refractivity contribution < 1.29 is 0 Å². The van der Waals surface area contributed by atoms with Crippen LogP contribution in [0.5, 0.6) is 0 Å².